The van der Waals surface area contributed by atoms with E-state index in [4.69, 9.17) is 4.98 Å². The van der Waals surface area contributed by atoms with E-state index in [-0.39, 0.29) is 18.1 Å². The van der Waals surface area contributed by atoms with E-state index in [0.717, 1.165) is 67.3 Å². The van der Waals surface area contributed by atoms with Gasteiger partial charge in [0.15, 0.2) is 0 Å². The Morgan fingerprint density at radius 2 is 1.82 bits per heavy atom. The maximum atomic E-state index is 16.1. The van der Waals surface area contributed by atoms with Crippen molar-refractivity contribution in [2.75, 3.05) is 63.6 Å². The first kappa shape index (κ1) is 31.6. The molecule has 1 saturated heterocycles. The number of hydrogen-bond acceptors (Lipinski definition) is 7. The van der Waals surface area contributed by atoms with Crippen LogP contribution >= 0.6 is 0 Å². The van der Waals surface area contributed by atoms with Crippen LogP contribution in [0.3, 0.4) is 0 Å². The molecule has 0 saturated carbocycles. The summed E-state index contributed by atoms with van der Waals surface area (Å²) in [6, 6.07) is 7.64. The predicted molar refractivity (Wildman–Crippen MR) is 174 cm³/mol. The van der Waals surface area contributed by atoms with Crippen LogP contribution in [-0.4, -0.2) is 99.1 Å². The van der Waals surface area contributed by atoms with E-state index in [1.807, 2.05) is 31.4 Å². The Morgan fingerprint density at radius 1 is 1.11 bits per heavy atom. The summed E-state index contributed by atoms with van der Waals surface area (Å²) >= 11 is 0. The number of nitrogens with one attached hydrogen (secondary N) is 1. The number of benzene rings is 2. The second-order valence-corrected chi connectivity index (χ2v) is 12.9. The molecule has 236 valence electrons. The van der Waals surface area contributed by atoms with E-state index in [0.29, 0.717) is 16.6 Å². The average molecular weight is 605 g/mol. The van der Waals surface area contributed by atoms with Crippen molar-refractivity contribution in [1.29, 1.82) is 0 Å². The molecule has 11 heteroatoms. The molecule has 1 aliphatic rings. The van der Waals surface area contributed by atoms with Crippen LogP contribution in [0.4, 0.5) is 16.0 Å². The summed E-state index contributed by atoms with van der Waals surface area (Å²) in [4.78, 5) is 25.5. The zero-order valence-electron chi connectivity index (χ0n) is 27.2. The topological polar surface area (TPSA) is 94.7 Å². The number of likely N-dealkylation sites (N-methyl/N-ethyl adjacent to an activating group) is 1. The first-order chi connectivity index (χ1) is 20.7. The number of nitrogens with zero attached hydrogens (tertiary/aromatic N) is 7. The first-order valence-corrected chi connectivity index (χ1v) is 15.2. The number of anilines is 2. The number of carbonyl (C=O) groups excluding carboxylic acids is 1. The highest BCUT2D eigenvalue weighted by atomic mass is 19.1. The molecule has 4 aromatic rings. The van der Waals surface area contributed by atoms with Gasteiger partial charge < -0.3 is 19.5 Å². The van der Waals surface area contributed by atoms with E-state index < -0.39 is 17.3 Å². The summed E-state index contributed by atoms with van der Waals surface area (Å²) in [6.07, 6.45) is 1.63. The van der Waals surface area contributed by atoms with Crippen molar-refractivity contribution >= 4 is 28.6 Å². The zero-order valence-corrected chi connectivity index (χ0v) is 27.2. The van der Waals surface area contributed by atoms with Crippen LogP contribution in [0.15, 0.2) is 30.5 Å². The van der Waals surface area contributed by atoms with Crippen molar-refractivity contribution in [1.82, 2.24) is 29.1 Å². The maximum absolute atomic E-state index is 16.1. The lowest BCUT2D eigenvalue weighted by molar-refractivity contribution is 0.0630. The van der Waals surface area contributed by atoms with Crippen molar-refractivity contribution in [3.8, 4) is 11.1 Å². The normalized spacial score (nSPS) is 14.7. The Hall–Kier alpha value is -3.80. The molecule has 0 unspecified atom stereocenters. The number of piperazine rings is 1. The van der Waals surface area contributed by atoms with E-state index in [1.165, 1.54) is 0 Å². The fourth-order valence-corrected chi connectivity index (χ4v) is 5.80. The van der Waals surface area contributed by atoms with Gasteiger partial charge in [-0.25, -0.2) is 9.37 Å². The largest absolute Gasteiger partial charge is 0.389 e. The van der Waals surface area contributed by atoms with E-state index in [1.54, 1.807) is 37.8 Å². The standard InChI is InChI=1S/C33H45FN8O2/c1-21-17-25(30(34)29(22(21)2)26-19-35-39(8)23(26)3)31(43)37-32-36-27-10-9-24(18-28(27)42(32)20-33(4,5)44)41-15-13-40(14-16-41)12-11-38(6)7/h9-10,17-19,44H,11-16,20H2,1-8H3,(H,36,37,43). The highest BCUT2D eigenvalue weighted by Crippen LogP contribution is 2.34. The van der Waals surface area contributed by atoms with Gasteiger partial charge in [-0.3, -0.25) is 19.7 Å². The lowest BCUT2D eigenvalue weighted by Crippen LogP contribution is -2.48. The van der Waals surface area contributed by atoms with Crippen LogP contribution < -0.4 is 10.2 Å². The van der Waals surface area contributed by atoms with Gasteiger partial charge in [0.1, 0.15) is 5.82 Å². The predicted octanol–water partition coefficient (Wildman–Crippen LogP) is 4.21. The molecule has 44 heavy (non-hydrogen) atoms. The van der Waals surface area contributed by atoms with Gasteiger partial charge in [0.2, 0.25) is 5.95 Å². The molecule has 10 nitrogen and oxygen atoms in total. The van der Waals surface area contributed by atoms with Crippen molar-refractivity contribution in [3.05, 3.63) is 58.7 Å². The number of imidazole rings is 1. The highest BCUT2D eigenvalue weighted by molar-refractivity contribution is 6.05. The van der Waals surface area contributed by atoms with Crippen molar-refractivity contribution in [3.63, 3.8) is 0 Å². The number of aliphatic hydroxyl groups is 1. The van der Waals surface area contributed by atoms with Gasteiger partial charge in [-0.1, -0.05) is 0 Å². The van der Waals surface area contributed by atoms with Crippen LogP contribution in [0.5, 0.6) is 0 Å². The minimum Gasteiger partial charge on any atom is -0.389 e. The van der Waals surface area contributed by atoms with Crippen LogP contribution in [0.2, 0.25) is 0 Å². The fraction of sp³-hybridized carbons (Fsp3) is 0.485. The number of aromatic nitrogens is 4. The molecule has 0 atom stereocenters. The lowest BCUT2D eigenvalue weighted by Gasteiger charge is -2.36. The van der Waals surface area contributed by atoms with Crippen molar-refractivity contribution < 1.29 is 14.3 Å². The third-order valence-electron chi connectivity index (χ3n) is 8.64. The van der Waals surface area contributed by atoms with Crippen LogP contribution in [0.1, 0.15) is 41.0 Å². The number of halogens is 1. The number of hydrogen-bond donors (Lipinski definition) is 2. The molecule has 3 heterocycles. The SMILES string of the molecule is Cc1cc(C(=O)Nc2nc3ccc(N4CCN(CCN(C)C)CC4)cc3n2CC(C)(C)O)c(F)c(-c2cnn(C)c2C)c1C. The third kappa shape index (κ3) is 6.50. The fourth-order valence-electron chi connectivity index (χ4n) is 5.80. The Balaban J connectivity index is 1.46. The molecule has 1 amide bonds. The van der Waals surface area contributed by atoms with E-state index in [2.05, 4.69) is 51.3 Å². The van der Waals surface area contributed by atoms with Gasteiger partial charge in [-0.05, 0) is 84.1 Å². The minimum absolute atomic E-state index is 0.0685. The Kier molecular flexibility index (Phi) is 8.84. The van der Waals surface area contributed by atoms with Gasteiger partial charge in [0.25, 0.3) is 5.91 Å². The molecule has 0 bridgehead atoms. The maximum Gasteiger partial charge on any atom is 0.260 e. The van der Waals surface area contributed by atoms with Crippen LogP contribution in [0.25, 0.3) is 22.2 Å². The van der Waals surface area contributed by atoms with E-state index in [9.17, 15) is 9.90 Å². The summed E-state index contributed by atoms with van der Waals surface area (Å²) in [5, 5.41) is 18.0. The Labute approximate surface area is 259 Å². The molecule has 1 aliphatic heterocycles. The quantitative estimate of drug-likeness (QED) is 0.296. The Bertz CT molecular complexity index is 1680. The summed E-state index contributed by atoms with van der Waals surface area (Å²) in [6.45, 7) is 15.1. The molecule has 2 aromatic heterocycles. The van der Waals surface area contributed by atoms with Gasteiger partial charge in [0, 0.05) is 68.8 Å². The molecular formula is C33H45FN8O2. The molecule has 5 rings (SSSR count). The molecule has 2 aromatic carbocycles. The van der Waals surface area contributed by atoms with E-state index >= 15 is 4.39 Å². The number of aryl methyl sites for hydroxylation is 2. The molecule has 2 N–H and O–H groups in total. The monoisotopic (exact) mass is 604 g/mol. The van der Waals surface area contributed by atoms with Gasteiger partial charge in [-0.2, -0.15) is 5.10 Å². The van der Waals surface area contributed by atoms with Crippen LogP contribution in [0, 0.1) is 26.6 Å². The number of amides is 1. The van der Waals surface area contributed by atoms with Crippen molar-refractivity contribution in [2.45, 2.75) is 46.8 Å². The average Bonchev–Trinajstić information content (AvgIpc) is 3.47. The smallest absolute Gasteiger partial charge is 0.260 e. The molecule has 0 radical (unpaired) electrons. The molecule has 0 aliphatic carbocycles. The molecule has 1 fully saturated rings. The minimum atomic E-state index is -1.09. The zero-order chi connectivity index (χ0) is 31.9. The van der Waals surface area contributed by atoms with Crippen LogP contribution in [-0.2, 0) is 13.6 Å². The second-order valence-electron chi connectivity index (χ2n) is 12.9. The Morgan fingerprint density at radius 3 is 2.43 bits per heavy atom. The first-order valence-electron chi connectivity index (χ1n) is 15.2. The third-order valence-corrected chi connectivity index (χ3v) is 8.64. The van der Waals surface area contributed by atoms with Gasteiger partial charge in [-0.15, -0.1) is 0 Å². The number of rotatable bonds is 9. The van der Waals surface area contributed by atoms with Gasteiger partial charge in [0.05, 0.1) is 34.9 Å². The highest BCUT2D eigenvalue weighted by Gasteiger charge is 2.26. The summed E-state index contributed by atoms with van der Waals surface area (Å²) in [7, 11) is 6.00. The summed E-state index contributed by atoms with van der Waals surface area (Å²) in [5.74, 6) is -0.942. The van der Waals surface area contributed by atoms with Crippen molar-refractivity contribution in [2.24, 2.45) is 7.05 Å². The molecular weight excluding hydrogens is 559 g/mol. The number of carbonyl (C=O) groups is 1. The second kappa shape index (κ2) is 12.3. The van der Waals surface area contributed by atoms with Gasteiger partial charge >= 0.3 is 0 Å². The lowest BCUT2D eigenvalue weighted by atomic mass is 9.93. The summed E-state index contributed by atoms with van der Waals surface area (Å²) < 4.78 is 19.6. The number of fused-ring (bicyclic) bond motifs is 1. The summed E-state index contributed by atoms with van der Waals surface area (Å²) in [5.41, 5.74) is 4.78. The molecule has 0 spiro atoms.